The van der Waals surface area contributed by atoms with Crippen molar-refractivity contribution in [3.8, 4) is 11.3 Å². The predicted molar refractivity (Wildman–Crippen MR) is 109 cm³/mol. The maximum atomic E-state index is 12.1. The number of benzene rings is 1. The van der Waals surface area contributed by atoms with Gasteiger partial charge in [0.2, 0.25) is 5.91 Å². The average molecular weight is 386 g/mol. The number of aryl methyl sites for hydroxylation is 1. The lowest BCUT2D eigenvalue weighted by Crippen LogP contribution is -2.48. The number of oxazole rings is 1. The zero-order valence-corrected chi connectivity index (χ0v) is 16.9. The van der Waals surface area contributed by atoms with Crippen molar-refractivity contribution in [2.45, 2.75) is 39.2 Å². The first kappa shape index (κ1) is 20.6. The molecule has 0 bridgehead atoms. The summed E-state index contributed by atoms with van der Waals surface area (Å²) in [4.78, 5) is 18.9. The zero-order valence-electron chi connectivity index (χ0n) is 16.9. The van der Waals surface area contributed by atoms with E-state index in [1.807, 2.05) is 30.3 Å². The van der Waals surface area contributed by atoms with E-state index in [9.17, 15) is 4.79 Å². The molecular formula is C22H31N3O3. The van der Waals surface area contributed by atoms with Crippen LogP contribution in [0.1, 0.15) is 32.6 Å². The maximum Gasteiger partial charge on any atom is 0.220 e. The number of morpholine rings is 1. The fourth-order valence-electron chi connectivity index (χ4n) is 3.46. The maximum absolute atomic E-state index is 12.1. The van der Waals surface area contributed by atoms with Crippen LogP contribution in [0.15, 0.2) is 40.9 Å². The average Bonchev–Trinajstić information content (AvgIpc) is 3.16. The number of nitrogens with zero attached hydrogens (tertiary/aromatic N) is 2. The Kier molecular flexibility index (Phi) is 7.62. The Balaban J connectivity index is 1.34. The number of rotatable bonds is 9. The fraction of sp³-hybridized carbons (Fsp3) is 0.545. The molecule has 1 fully saturated rings. The molecule has 0 saturated carbocycles. The molecule has 3 rings (SSSR count). The third-order valence-electron chi connectivity index (χ3n) is 4.78. The molecule has 1 saturated heterocycles. The number of carbonyl (C=O) groups is 1. The molecule has 2 aromatic rings. The van der Waals surface area contributed by atoms with Crippen LogP contribution in [0.25, 0.3) is 11.3 Å². The first-order chi connectivity index (χ1) is 13.6. The van der Waals surface area contributed by atoms with Gasteiger partial charge in [0.1, 0.15) is 0 Å². The topological polar surface area (TPSA) is 67.6 Å². The molecule has 2 heterocycles. The minimum absolute atomic E-state index is 0.0550. The quantitative estimate of drug-likeness (QED) is 0.718. The highest BCUT2D eigenvalue weighted by atomic mass is 16.5. The van der Waals surface area contributed by atoms with Crippen LogP contribution in [0, 0.1) is 5.92 Å². The van der Waals surface area contributed by atoms with Crippen LogP contribution in [0.5, 0.6) is 0 Å². The Morgan fingerprint density at radius 1 is 1.32 bits per heavy atom. The second-order valence-electron chi connectivity index (χ2n) is 7.79. The van der Waals surface area contributed by atoms with Crippen molar-refractivity contribution in [3.05, 3.63) is 42.4 Å². The first-order valence-corrected chi connectivity index (χ1v) is 10.2. The van der Waals surface area contributed by atoms with Crippen molar-refractivity contribution in [2.75, 3.05) is 32.8 Å². The summed E-state index contributed by atoms with van der Waals surface area (Å²) in [5.41, 5.74) is 1.01. The number of nitrogens with one attached hydrogen (secondary N) is 1. The van der Waals surface area contributed by atoms with E-state index < -0.39 is 0 Å². The van der Waals surface area contributed by atoms with Gasteiger partial charge in [-0.2, -0.15) is 0 Å². The summed E-state index contributed by atoms with van der Waals surface area (Å²) in [7, 11) is 0. The molecule has 6 heteroatoms. The SMILES string of the molecule is CC(C)CN1CCOC(CNC(=O)CCCc2ncc(-c3ccccc3)o2)C1. The smallest absolute Gasteiger partial charge is 0.220 e. The molecule has 28 heavy (non-hydrogen) atoms. The Morgan fingerprint density at radius 3 is 2.93 bits per heavy atom. The van der Waals surface area contributed by atoms with Crippen molar-refractivity contribution in [3.63, 3.8) is 0 Å². The summed E-state index contributed by atoms with van der Waals surface area (Å²) in [6.07, 6.45) is 3.66. The molecule has 1 aromatic carbocycles. The van der Waals surface area contributed by atoms with E-state index in [0.717, 1.165) is 37.6 Å². The molecule has 1 aromatic heterocycles. The molecule has 0 spiro atoms. The fourth-order valence-corrected chi connectivity index (χ4v) is 3.46. The van der Waals surface area contributed by atoms with Crippen LogP contribution in [-0.2, 0) is 16.0 Å². The van der Waals surface area contributed by atoms with E-state index in [1.165, 1.54) is 0 Å². The van der Waals surface area contributed by atoms with Crippen molar-refractivity contribution in [1.82, 2.24) is 15.2 Å². The van der Waals surface area contributed by atoms with Gasteiger partial charge in [-0.15, -0.1) is 0 Å². The third-order valence-corrected chi connectivity index (χ3v) is 4.78. The summed E-state index contributed by atoms with van der Waals surface area (Å²) in [5, 5.41) is 3.00. The number of amides is 1. The van der Waals surface area contributed by atoms with Gasteiger partial charge in [-0.3, -0.25) is 9.69 Å². The lowest BCUT2D eigenvalue weighted by atomic mass is 10.1. The van der Waals surface area contributed by atoms with E-state index >= 15 is 0 Å². The minimum atomic E-state index is 0.0550. The third kappa shape index (κ3) is 6.46. The molecule has 1 unspecified atom stereocenters. The van der Waals surface area contributed by atoms with E-state index in [0.29, 0.717) is 37.6 Å². The monoisotopic (exact) mass is 385 g/mol. The van der Waals surface area contributed by atoms with Crippen molar-refractivity contribution < 1.29 is 13.9 Å². The normalized spacial score (nSPS) is 17.8. The van der Waals surface area contributed by atoms with Crippen molar-refractivity contribution >= 4 is 5.91 Å². The highest BCUT2D eigenvalue weighted by Gasteiger charge is 2.21. The van der Waals surface area contributed by atoms with Crippen LogP contribution >= 0.6 is 0 Å². The van der Waals surface area contributed by atoms with E-state index in [-0.39, 0.29) is 12.0 Å². The van der Waals surface area contributed by atoms with Gasteiger partial charge in [-0.05, 0) is 12.3 Å². The summed E-state index contributed by atoms with van der Waals surface area (Å²) in [5.74, 6) is 2.14. The second kappa shape index (κ2) is 10.4. The molecule has 1 amide bonds. The van der Waals surface area contributed by atoms with E-state index in [2.05, 4.69) is 29.0 Å². The van der Waals surface area contributed by atoms with Gasteiger partial charge in [0.25, 0.3) is 0 Å². The standard InChI is InChI=1S/C22H31N3O3/c1-17(2)15-25-11-12-27-19(16-25)13-23-21(26)9-6-10-22-24-14-20(28-22)18-7-4-3-5-8-18/h3-5,7-8,14,17,19H,6,9-13,15-16H2,1-2H3,(H,23,26). The summed E-state index contributed by atoms with van der Waals surface area (Å²) >= 11 is 0. The highest BCUT2D eigenvalue weighted by molar-refractivity contribution is 5.75. The van der Waals surface area contributed by atoms with E-state index in [4.69, 9.17) is 9.15 Å². The number of aromatic nitrogens is 1. The molecule has 1 N–H and O–H groups in total. The molecule has 152 valence electrons. The lowest BCUT2D eigenvalue weighted by Gasteiger charge is -2.33. The van der Waals surface area contributed by atoms with Crippen LogP contribution < -0.4 is 5.32 Å². The van der Waals surface area contributed by atoms with Gasteiger partial charge in [-0.25, -0.2) is 4.98 Å². The summed E-state index contributed by atoms with van der Waals surface area (Å²) < 4.78 is 11.6. The van der Waals surface area contributed by atoms with Crippen LogP contribution in [0.4, 0.5) is 0 Å². The Labute approximate surface area is 167 Å². The summed E-state index contributed by atoms with van der Waals surface area (Å²) in [6.45, 7) is 8.70. The predicted octanol–water partition coefficient (Wildman–Crippen LogP) is 3.14. The Morgan fingerprint density at radius 2 is 2.14 bits per heavy atom. The number of carbonyl (C=O) groups excluding carboxylic acids is 1. The summed E-state index contributed by atoms with van der Waals surface area (Å²) in [6, 6.07) is 9.90. The molecule has 1 aliphatic rings. The van der Waals surface area contributed by atoms with Crippen molar-refractivity contribution in [2.24, 2.45) is 5.92 Å². The van der Waals surface area contributed by atoms with Gasteiger partial charge < -0.3 is 14.5 Å². The minimum Gasteiger partial charge on any atom is -0.441 e. The van der Waals surface area contributed by atoms with Gasteiger partial charge >= 0.3 is 0 Å². The van der Waals surface area contributed by atoms with Crippen molar-refractivity contribution in [1.29, 1.82) is 0 Å². The molecule has 1 aliphatic heterocycles. The van der Waals surface area contributed by atoms with Gasteiger partial charge in [0, 0.05) is 44.6 Å². The largest absolute Gasteiger partial charge is 0.441 e. The number of hydrogen-bond donors (Lipinski definition) is 1. The molecule has 1 atom stereocenters. The van der Waals surface area contributed by atoms with E-state index in [1.54, 1.807) is 6.20 Å². The van der Waals surface area contributed by atoms with Crippen LogP contribution in [0.2, 0.25) is 0 Å². The van der Waals surface area contributed by atoms with Gasteiger partial charge in [0.15, 0.2) is 11.7 Å². The van der Waals surface area contributed by atoms with Gasteiger partial charge in [0.05, 0.1) is 18.9 Å². The molecular weight excluding hydrogens is 354 g/mol. The lowest BCUT2D eigenvalue weighted by molar-refractivity contribution is -0.122. The molecule has 0 aliphatic carbocycles. The number of ether oxygens (including phenoxy) is 1. The second-order valence-corrected chi connectivity index (χ2v) is 7.79. The molecule has 6 nitrogen and oxygen atoms in total. The highest BCUT2D eigenvalue weighted by Crippen LogP contribution is 2.20. The zero-order chi connectivity index (χ0) is 19.8. The van der Waals surface area contributed by atoms with Crippen LogP contribution in [0.3, 0.4) is 0 Å². The first-order valence-electron chi connectivity index (χ1n) is 10.2. The molecule has 0 radical (unpaired) electrons. The number of hydrogen-bond acceptors (Lipinski definition) is 5. The Bertz CT molecular complexity index is 730. The van der Waals surface area contributed by atoms with Gasteiger partial charge in [-0.1, -0.05) is 44.2 Å². The Hall–Kier alpha value is -2.18. The van der Waals surface area contributed by atoms with Crippen LogP contribution in [-0.4, -0.2) is 54.7 Å².